The summed E-state index contributed by atoms with van der Waals surface area (Å²) in [7, 11) is 0. The maximum Gasteiger partial charge on any atom is 0.319 e. The number of non-ortho nitro benzene ring substituents is 1. The lowest BCUT2D eigenvalue weighted by atomic mass is 10.1. The minimum Gasteiger partial charge on any atom is -0.481 e. The highest BCUT2D eigenvalue weighted by Gasteiger charge is 2.13. The van der Waals surface area contributed by atoms with Crippen molar-refractivity contribution in [1.29, 1.82) is 0 Å². The van der Waals surface area contributed by atoms with Gasteiger partial charge < -0.3 is 15.7 Å². The number of hydrogen-bond donors (Lipinski definition) is 3. The maximum absolute atomic E-state index is 11.6. The van der Waals surface area contributed by atoms with Crippen LogP contribution in [-0.2, 0) is 4.79 Å². The van der Waals surface area contributed by atoms with E-state index in [1.54, 1.807) is 6.92 Å². The van der Waals surface area contributed by atoms with Gasteiger partial charge in [-0.15, -0.1) is 0 Å². The van der Waals surface area contributed by atoms with E-state index < -0.39 is 16.9 Å². The van der Waals surface area contributed by atoms with Gasteiger partial charge in [0, 0.05) is 25.1 Å². The van der Waals surface area contributed by atoms with Gasteiger partial charge in [0.15, 0.2) is 0 Å². The molecule has 1 aromatic rings. The zero-order valence-corrected chi connectivity index (χ0v) is 11.9. The molecular weight excluding hydrogens is 302 g/mol. The number of benzene rings is 1. The number of hydrogen-bond acceptors (Lipinski definition) is 4. The number of carboxylic acids is 1. The van der Waals surface area contributed by atoms with Crippen molar-refractivity contribution in [2.45, 2.75) is 13.3 Å². The van der Waals surface area contributed by atoms with E-state index in [-0.39, 0.29) is 35.3 Å². The summed E-state index contributed by atoms with van der Waals surface area (Å²) in [5, 5.41) is 24.3. The lowest BCUT2D eigenvalue weighted by molar-refractivity contribution is -0.384. The van der Waals surface area contributed by atoms with Crippen LogP contribution >= 0.6 is 11.6 Å². The molecule has 21 heavy (non-hydrogen) atoms. The number of halogens is 1. The van der Waals surface area contributed by atoms with Crippen LogP contribution < -0.4 is 10.6 Å². The topological polar surface area (TPSA) is 122 Å². The number of amides is 2. The Morgan fingerprint density at radius 3 is 2.71 bits per heavy atom. The van der Waals surface area contributed by atoms with Crippen molar-refractivity contribution in [1.82, 2.24) is 5.32 Å². The zero-order valence-electron chi connectivity index (χ0n) is 11.1. The minimum atomic E-state index is -0.952. The van der Waals surface area contributed by atoms with Gasteiger partial charge in [0.2, 0.25) is 0 Å². The van der Waals surface area contributed by atoms with Gasteiger partial charge in [-0.05, 0) is 12.0 Å². The molecule has 0 bridgehead atoms. The molecule has 2 amide bonds. The molecule has 0 aliphatic carbocycles. The van der Waals surface area contributed by atoms with Crippen molar-refractivity contribution in [2.24, 2.45) is 5.92 Å². The fourth-order valence-electron chi connectivity index (χ4n) is 1.53. The van der Waals surface area contributed by atoms with Crippen LogP contribution in [0.1, 0.15) is 13.3 Å². The first-order valence-electron chi connectivity index (χ1n) is 6.00. The van der Waals surface area contributed by atoms with Crippen LogP contribution in [-0.4, -0.2) is 28.6 Å². The van der Waals surface area contributed by atoms with Crippen LogP contribution in [0.25, 0.3) is 0 Å². The Balaban J connectivity index is 2.60. The molecule has 0 fully saturated rings. The Labute approximate surface area is 125 Å². The SMILES string of the molecule is CC(CNC(=O)Nc1cc([N+](=O)[O-])ccc1Cl)CC(=O)O. The van der Waals surface area contributed by atoms with E-state index in [4.69, 9.17) is 16.7 Å². The highest BCUT2D eigenvalue weighted by Crippen LogP contribution is 2.26. The van der Waals surface area contributed by atoms with Crippen LogP contribution in [0, 0.1) is 16.0 Å². The molecule has 8 nitrogen and oxygen atoms in total. The van der Waals surface area contributed by atoms with E-state index in [2.05, 4.69) is 10.6 Å². The number of carbonyl (C=O) groups is 2. The molecule has 0 spiro atoms. The van der Waals surface area contributed by atoms with Gasteiger partial charge in [-0.25, -0.2) is 4.79 Å². The first kappa shape index (κ1) is 16.7. The lowest BCUT2D eigenvalue weighted by Crippen LogP contribution is -2.33. The van der Waals surface area contributed by atoms with Crippen molar-refractivity contribution in [3.63, 3.8) is 0 Å². The Bertz CT molecular complexity index is 564. The number of carboxylic acid groups (broad SMARTS) is 1. The van der Waals surface area contributed by atoms with Crippen molar-refractivity contribution in [3.8, 4) is 0 Å². The standard InChI is InChI=1S/C12H14ClN3O5/c1-7(4-11(17)18)6-14-12(19)15-10-5-8(16(20)21)2-3-9(10)13/h2-3,5,7H,4,6H2,1H3,(H,17,18)(H2,14,15,19). The number of nitro benzene ring substituents is 1. The summed E-state index contributed by atoms with van der Waals surface area (Å²) in [5.41, 5.74) is -0.0943. The smallest absolute Gasteiger partial charge is 0.319 e. The van der Waals surface area contributed by atoms with Crippen LogP contribution in [0.2, 0.25) is 5.02 Å². The van der Waals surface area contributed by atoms with Gasteiger partial charge in [0.05, 0.1) is 15.6 Å². The van der Waals surface area contributed by atoms with Gasteiger partial charge in [0.25, 0.3) is 5.69 Å². The van der Waals surface area contributed by atoms with Gasteiger partial charge in [-0.3, -0.25) is 14.9 Å². The Morgan fingerprint density at radius 1 is 1.48 bits per heavy atom. The summed E-state index contributed by atoms with van der Waals surface area (Å²) in [6.07, 6.45) is -0.0716. The Hall–Kier alpha value is -2.35. The fraction of sp³-hybridized carbons (Fsp3) is 0.333. The molecule has 0 aliphatic heterocycles. The van der Waals surface area contributed by atoms with E-state index in [1.165, 1.54) is 12.1 Å². The van der Waals surface area contributed by atoms with E-state index in [9.17, 15) is 19.7 Å². The summed E-state index contributed by atoms with van der Waals surface area (Å²) in [5.74, 6) is -1.19. The Morgan fingerprint density at radius 2 is 2.14 bits per heavy atom. The number of nitrogens with one attached hydrogen (secondary N) is 2. The highest BCUT2D eigenvalue weighted by molar-refractivity contribution is 6.33. The van der Waals surface area contributed by atoms with Crippen LogP contribution in [0.3, 0.4) is 0 Å². The van der Waals surface area contributed by atoms with Gasteiger partial charge >= 0.3 is 12.0 Å². The van der Waals surface area contributed by atoms with E-state index in [1.807, 2.05) is 0 Å². The van der Waals surface area contributed by atoms with Gasteiger partial charge in [-0.1, -0.05) is 18.5 Å². The molecule has 0 aromatic heterocycles. The molecule has 0 aliphatic rings. The number of carbonyl (C=O) groups excluding carboxylic acids is 1. The largest absolute Gasteiger partial charge is 0.481 e. The van der Waals surface area contributed by atoms with E-state index in [0.717, 1.165) is 6.07 Å². The second-order valence-corrected chi connectivity index (χ2v) is 4.87. The molecule has 1 aromatic carbocycles. The maximum atomic E-state index is 11.6. The third-order valence-corrected chi connectivity index (χ3v) is 2.87. The monoisotopic (exact) mass is 315 g/mol. The molecule has 3 N–H and O–H groups in total. The highest BCUT2D eigenvalue weighted by atomic mass is 35.5. The average Bonchev–Trinajstić information content (AvgIpc) is 2.38. The molecule has 0 saturated carbocycles. The third kappa shape index (κ3) is 5.65. The molecule has 1 rings (SSSR count). The third-order valence-electron chi connectivity index (χ3n) is 2.54. The normalized spacial score (nSPS) is 11.5. The first-order chi connectivity index (χ1) is 9.79. The molecule has 9 heteroatoms. The summed E-state index contributed by atoms with van der Waals surface area (Å²) >= 11 is 5.83. The second-order valence-electron chi connectivity index (χ2n) is 4.46. The van der Waals surface area contributed by atoms with Gasteiger partial charge in [0.1, 0.15) is 0 Å². The molecule has 1 unspecified atom stereocenters. The predicted molar refractivity (Wildman–Crippen MR) is 76.5 cm³/mol. The molecule has 0 radical (unpaired) electrons. The number of aliphatic carboxylic acids is 1. The van der Waals surface area contributed by atoms with Crippen LogP contribution in [0.4, 0.5) is 16.2 Å². The van der Waals surface area contributed by atoms with Crippen LogP contribution in [0.5, 0.6) is 0 Å². The summed E-state index contributed by atoms with van der Waals surface area (Å²) in [6.45, 7) is 1.83. The van der Waals surface area contributed by atoms with Crippen molar-refractivity contribution in [2.75, 3.05) is 11.9 Å². The van der Waals surface area contributed by atoms with Gasteiger partial charge in [-0.2, -0.15) is 0 Å². The molecule has 0 heterocycles. The predicted octanol–water partition coefficient (Wildman–Crippen LogP) is 2.48. The molecular formula is C12H14ClN3O5. The molecule has 114 valence electrons. The van der Waals surface area contributed by atoms with Crippen LogP contribution in [0.15, 0.2) is 18.2 Å². The average molecular weight is 316 g/mol. The zero-order chi connectivity index (χ0) is 16.0. The fourth-order valence-corrected chi connectivity index (χ4v) is 1.69. The molecule has 1 atom stereocenters. The minimum absolute atomic E-state index is 0.0716. The number of nitrogens with zero attached hydrogens (tertiary/aromatic N) is 1. The summed E-state index contributed by atoms with van der Waals surface area (Å²) in [6, 6.07) is 3.06. The van der Waals surface area contributed by atoms with E-state index in [0.29, 0.717) is 0 Å². The van der Waals surface area contributed by atoms with Crippen molar-refractivity contribution >= 4 is 35.0 Å². The number of urea groups is 1. The first-order valence-corrected chi connectivity index (χ1v) is 6.38. The number of rotatable bonds is 6. The lowest BCUT2D eigenvalue weighted by Gasteiger charge is -2.12. The van der Waals surface area contributed by atoms with Crippen molar-refractivity contribution in [3.05, 3.63) is 33.3 Å². The number of anilines is 1. The second kappa shape index (κ2) is 7.44. The van der Waals surface area contributed by atoms with Crippen molar-refractivity contribution < 1.29 is 19.6 Å². The quantitative estimate of drug-likeness (QED) is 0.550. The Kier molecular flexibility index (Phi) is 5.92. The molecule has 0 saturated heterocycles. The number of nitro groups is 1. The van der Waals surface area contributed by atoms with E-state index >= 15 is 0 Å². The summed E-state index contributed by atoms with van der Waals surface area (Å²) < 4.78 is 0. The summed E-state index contributed by atoms with van der Waals surface area (Å²) in [4.78, 5) is 32.2.